The normalized spacial score (nSPS) is 6.24. The van der Waals surface area contributed by atoms with E-state index >= 15 is 0 Å². The van der Waals surface area contributed by atoms with Crippen LogP contribution >= 0.6 is 0 Å². The molecule has 13 heteroatoms. The van der Waals surface area contributed by atoms with Crippen LogP contribution in [-0.2, 0) is 72.4 Å². The number of carboxylic acids is 2. The zero-order valence-corrected chi connectivity index (χ0v) is 15.4. The monoisotopic (exact) mass is 444 g/mol. The third-order valence-corrected chi connectivity index (χ3v) is 0.499. The number of rotatable bonds is 0. The van der Waals surface area contributed by atoms with Gasteiger partial charge in [-0.1, -0.05) is 0 Å². The van der Waals surface area contributed by atoms with E-state index in [9.17, 15) is 29.4 Å². The molecule has 0 aromatic rings. The maximum Gasteiger partial charge on any atom is 2.00 e. The van der Waals surface area contributed by atoms with E-state index in [0.717, 1.165) is 0 Å². The molecule has 0 aromatic carbocycles. The van der Waals surface area contributed by atoms with Crippen molar-refractivity contribution >= 4 is 72.8 Å². The van der Waals surface area contributed by atoms with Crippen molar-refractivity contribution in [3.63, 3.8) is 0 Å². The number of hydrogen-bond donors (Lipinski definition) is 2. The average molecular weight is 443 g/mol. The summed E-state index contributed by atoms with van der Waals surface area (Å²) in [5, 5.41) is 32.8. The first-order valence-corrected chi connectivity index (χ1v) is 2.50. The molecule has 0 rings (SSSR count). The first-order valence-electron chi connectivity index (χ1n) is 2.50. The standard InChI is InChI=1S/2C2H2O5.Ba.2Ti/c2*3-1(4)2(5)7-6;;;/h2*6H,(H,3,4);;;/q;;+2;;/p-2. The van der Waals surface area contributed by atoms with Crippen LogP contribution in [-0.4, -0.2) is 83.3 Å². The Morgan fingerprint density at radius 2 is 0.941 bits per heavy atom. The summed E-state index contributed by atoms with van der Waals surface area (Å²) in [7, 11) is 0. The molecule has 0 aliphatic rings. The second-order valence-electron chi connectivity index (χ2n) is 1.33. The predicted octanol–water partition coefficient (Wildman–Crippen LogP) is -4.88. The molecule has 0 unspecified atom stereocenters. The Kier molecular flexibility index (Phi) is 34.5. The second-order valence-corrected chi connectivity index (χ2v) is 1.33. The smallest absolute Gasteiger partial charge is 0.539 e. The predicted molar refractivity (Wildman–Crippen MR) is 33.2 cm³/mol. The third kappa shape index (κ3) is 22.5. The largest absolute Gasteiger partial charge is 2.00 e. The van der Waals surface area contributed by atoms with E-state index in [-0.39, 0.29) is 92.3 Å². The molecule has 0 spiro atoms. The molecule has 0 heterocycles. The van der Waals surface area contributed by atoms with Gasteiger partial charge in [0.15, 0.2) is 11.9 Å². The van der Waals surface area contributed by atoms with Gasteiger partial charge in [0.25, 0.3) is 0 Å². The molecule has 0 fully saturated rings. The van der Waals surface area contributed by atoms with Crippen LogP contribution in [0.2, 0.25) is 0 Å². The molecule has 0 amide bonds. The quantitative estimate of drug-likeness (QED) is 0.160. The molecule has 0 saturated heterocycles. The summed E-state index contributed by atoms with van der Waals surface area (Å²) in [6.07, 6.45) is 0. The molecule has 0 bridgehead atoms. The molecule has 0 radical (unpaired) electrons. The van der Waals surface area contributed by atoms with Gasteiger partial charge in [-0.2, -0.15) is 10.5 Å². The topological polar surface area (TPSA) is 173 Å². The maximum absolute atomic E-state index is 9.38. The van der Waals surface area contributed by atoms with Crippen LogP contribution in [0.25, 0.3) is 0 Å². The Hall–Kier alpha value is 0.800. The van der Waals surface area contributed by atoms with Crippen LogP contribution < -0.4 is 10.2 Å². The zero-order valence-electron chi connectivity index (χ0n) is 7.87. The van der Waals surface area contributed by atoms with Gasteiger partial charge in [-0.25, -0.2) is 9.59 Å². The number of hydrogen-bond acceptors (Lipinski definition) is 10. The van der Waals surface area contributed by atoms with Crippen molar-refractivity contribution in [2.24, 2.45) is 0 Å². The molecule has 17 heavy (non-hydrogen) atoms. The molecular weight excluding hydrogens is 441 g/mol. The van der Waals surface area contributed by atoms with Gasteiger partial charge in [-0.15, -0.1) is 0 Å². The number of carbonyl (C=O) groups is 4. The molecule has 0 aromatic heterocycles. The minimum Gasteiger partial charge on any atom is -0.539 e. The SMILES string of the molecule is O=C([O-])C(=O)OO.O=C([O-])C(=O)OO.[Ba+2].[Ti].[Ti]. The third-order valence-electron chi connectivity index (χ3n) is 0.499. The summed E-state index contributed by atoms with van der Waals surface area (Å²) >= 11 is 0. The van der Waals surface area contributed by atoms with Crippen molar-refractivity contribution in [3.8, 4) is 0 Å². The van der Waals surface area contributed by atoms with Gasteiger partial charge >= 0.3 is 60.8 Å². The summed E-state index contributed by atoms with van der Waals surface area (Å²) in [6, 6.07) is 0. The molecule has 0 atom stereocenters. The van der Waals surface area contributed by atoms with E-state index in [1.54, 1.807) is 0 Å². The summed E-state index contributed by atoms with van der Waals surface area (Å²) in [5.74, 6) is -7.72. The van der Waals surface area contributed by atoms with Gasteiger partial charge in [0.1, 0.15) is 0 Å². The molecule has 88 valence electrons. The van der Waals surface area contributed by atoms with Crippen molar-refractivity contribution in [2.45, 2.75) is 0 Å². The fraction of sp³-hybridized carbons (Fsp3) is 0. The van der Waals surface area contributed by atoms with Crippen LogP contribution in [0.5, 0.6) is 0 Å². The first-order chi connectivity index (χ1) is 6.36. The van der Waals surface area contributed by atoms with E-state index in [0.29, 0.717) is 0 Å². The Balaban J connectivity index is -0.0000000480. The Bertz CT molecular complexity index is 229. The summed E-state index contributed by atoms with van der Waals surface area (Å²) in [6.45, 7) is 0. The Morgan fingerprint density at radius 3 is 0.941 bits per heavy atom. The molecule has 10 nitrogen and oxygen atoms in total. The average Bonchev–Trinajstić information content (AvgIpc) is 2.15. The van der Waals surface area contributed by atoms with Crippen molar-refractivity contribution < 1.29 is 93.1 Å². The van der Waals surface area contributed by atoms with Crippen LogP contribution in [0.1, 0.15) is 0 Å². The van der Waals surface area contributed by atoms with E-state index in [1.165, 1.54) is 0 Å². The number of aliphatic carboxylic acids is 2. The van der Waals surface area contributed by atoms with Gasteiger partial charge in [0.2, 0.25) is 0 Å². The molecule has 2 N–H and O–H groups in total. The van der Waals surface area contributed by atoms with Gasteiger partial charge in [0, 0.05) is 43.4 Å². The maximum atomic E-state index is 9.38. The second kappa shape index (κ2) is 19.1. The minimum absolute atomic E-state index is 0. The van der Waals surface area contributed by atoms with Crippen LogP contribution in [0.15, 0.2) is 0 Å². The van der Waals surface area contributed by atoms with Crippen molar-refractivity contribution in [1.29, 1.82) is 0 Å². The fourth-order valence-electron chi connectivity index (χ4n) is 0.0745. The first kappa shape index (κ1) is 30.7. The fourth-order valence-corrected chi connectivity index (χ4v) is 0.0745. The summed E-state index contributed by atoms with van der Waals surface area (Å²) in [5.41, 5.74) is 0. The number of carboxylic acid groups (broad SMARTS) is 2. The van der Waals surface area contributed by atoms with Crippen molar-refractivity contribution in [2.75, 3.05) is 0 Å². The van der Waals surface area contributed by atoms with Gasteiger partial charge in [0.05, 0.1) is 0 Å². The van der Waals surface area contributed by atoms with Gasteiger partial charge in [-0.05, 0) is 0 Å². The number of carbonyl (C=O) groups excluding carboxylic acids is 4. The van der Waals surface area contributed by atoms with E-state index in [1.807, 2.05) is 0 Å². The zero-order chi connectivity index (χ0) is 11.7. The summed E-state index contributed by atoms with van der Waals surface area (Å²) in [4.78, 5) is 42.5. The van der Waals surface area contributed by atoms with Crippen LogP contribution in [0.4, 0.5) is 0 Å². The molecule has 0 saturated carbocycles. The molecular formula is C4H2BaO10Ti2. The van der Waals surface area contributed by atoms with E-state index in [2.05, 4.69) is 9.78 Å². The molecule has 0 aliphatic carbocycles. The molecule has 0 aliphatic heterocycles. The Morgan fingerprint density at radius 1 is 0.765 bits per heavy atom. The van der Waals surface area contributed by atoms with Crippen molar-refractivity contribution in [3.05, 3.63) is 0 Å². The van der Waals surface area contributed by atoms with Gasteiger partial charge in [-0.3, -0.25) is 9.78 Å². The van der Waals surface area contributed by atoms with E-state index in [4.69, 9.17) is 10.5 Å². The summed E-state index contributed by atoms with van der Waals surface area (Å²) < 4.78 is 0. The van der Waals surface area contributed by atoms with Crippen LogP contribution in [0.3, 0.4) is 0 Å². The van der Waals surface area contributed by atoms with Gasteiger partial charge < -0.3 is 19.8 Å². The van der Waals surface area contributed by atoms with E-state index < -0.39 is 23.9 Å². The van der Waals surface area contributed by atoms with Crippen molar-refractivity contribution in [1.82, 2.24) is 0 Å². The van der Waals surface area contributed by atoms with Crippen LogP contribution in [0, 0.1) is 0 Å². The minimum atomic E-state index is -2.07. The Labute approximate surface area is 163 Å².